The van der Waals surface area contributed by atoms with E-state index in [1.165, 1.54) is 0 Å². The molecule has 2 amide bonds. The van der Waals surface area contributed by atoms with Crippen molar-refractivity contribution in [3.8, 4) is 16.9 Å². The van der Waals surface area contributed by atoms with Crippen LogP contribution in [0.3, 0.4) is 0 Å². The number of nitrogens with zero attached hydrogens (tertiary/aromatic N) is 2. The van der Waals surface area contributed by atoms with Crippen LogP contribution < -0.4 is 20.9 Å². The lowest BCUT2D eigenvalue weighted by molar-refractivity contribution is 0.262. The summed E-state index contributed by atoms with van der Waals surface area (Å²) in [4.78, 5) is 31.1. The molecule has 0 aliphatic heterocycles. The van der Waals surface area contributed by atoms with Crippen molar-refractivity contribution in [2.24, 2.45) is 0 Å². The highest BCUT2D eigenvalue weighted by atomic mass is 35.5. The van der Waals surface area contributed by atoms with Crippen LogP contribution in [0, 0.1) is 0 Å². The Morgan fingerprint density at radius 3 is 2.40 bits per heavy atom. The number of rotatable bonds is 8. The van der Waals surface area contributed by atoms with Gasteiger partial charge in [0, 0.05) is 28.4 Å². The Labute approximate surface area is 237 Å². The highest BCUT2D eigenvalue weighted by Crippen LogP contribution is 2.29. The molecule has 202 valence electrons. The normalized spacial score (nSPS) is 10.9. The molecule has 0 atom stereocenters. The second kappa shape index (κ2) is 12.1. The third-order valence-electron chi connectivity index (χ3n) is 6.56. The standard InChI is InChI=1S/C32H29ClN4O3/c1-3-7-30-36-28-17-16-25(35-32(39)34-24-9-6-8-23(33)18-24)19-27(28)31(38)37(30)20-21-12-14-22(15-13-21)26-10-4-5-11-29(26)40-2/h4-6,8-19H,3,7,20H2,1-2H3,(H2,34,35,39). The van der Waals surface area contributed by atoms with Gasteiger partial charge < -0.3 is 15.4 Å². The van der Waals surface area contributed by atoms with Gasteiger partial charge in [0.1, 0.15) is 11.6 Å². The quantitative estimate of drug-likeness (QED) is 0.210. The number of hydrogen-bond acceptors (Lipinski definition) is 4. The number of carbonyl (C=O) groups excluding carboxylic acids is 1. The van der Waals surface area contributed by atoms with Crippen LogP contribution in [-0.2, 0) is 13.0 Å². The fourth-order valence-corrected chi connectivity index (χ4v) is 4.83. The number of ether oxygens (including phenoxy) is 1. The summed E-state index contributed by atoms with van der Waals surface area (Å²) in [5.74, 6) is 1.54. The lowest BCUT2D eigenvalue weighted by Gasteiger charge is -2.15. The molecule has 0 radical (unpaired) electrons. The smallest absolute Gasteiger partial charge is 0.323 e. The number of hydrogen-bond donors (Lipinski definition) is 2. The number of anilines is 2. The molecular weight excluding hydrogens is 524 g/mol. The van der Waals surface area contributed by atoms with Crippen LogP contribution in [0.15, 0.2) is 95.8 Å². The lowest BCUT2D eigenvalue weighted by Crippen LogP contribution is -2.26. The van der Waals surface area contributed by atoms with Gasteiger partial charge >= 0.3 is 6.03 Å². The number of carbonyl (C=O) groups is 1. The molecule has 1 heterocycles. The highest BCUT2D eigenvalue weighted by molar-refractivity contribution is 6.30. The van der Waals surface area contributed by atoms with Crippen molar-refractivity contribution in [1.82, 2.24) is 9.55 Å². The molecule has 2 N–H and O–H groups in total. The number of urea groups is 1. The van der Waals surface area contributed by atoms with Gasteiger partial charge in [0.15, 0.2) is 0 Å². The van der Waals surface area contributed by atoms with Crippen molar-refractivity contribution < 1.29 is 9.53 Å². The van der Waals surface area contributed by atoms with Gasteiger partial charge in [-0.1, -0.05) is 67.1 Å². The van der Waals surface area contributed by atoms with E-state index in [4.69, 9.17) is 21.3 Å². The van der Waals surface area contributed by atoms with Crippen molar-refractivity contribution in [3.05, 3.63) is 118 Å². The molecule has 0 aliphatic carbocycles. The Morgan fingerprint density at radius 1 is 0.925 bits per heavy atom. The van der Waals surface area contributed by atoms with E-state index in [2.05, 4.69) is 17.6 Å². The minimum Gasteiger partial charge on any atom is -0.496 e. The Hall–Kier alpha value is -4.62. The van der Waals surface area contributed by atoms with Crippen molar-refractivity contribution in [2.45, 2.75) is 26.3 Å². The molecule has 1 aromatic heterocycles. The molecule has 0 fully saturated rings. The highest BCUT2D eigenvalue weighted by Gasteiger charge is 2.14. The van der Waals surface area contributed by atoms with E-state index in [1.807, 2.05) is 48.5 Å². The second-order valence-corrected chi connectivity index (χ2v) is 9.82. The van der Waals surface area contributed by atoms with E-state index >= 15 is 0 Å². The average molecular weight is 553 g/mol. The number of aryl methyl sites for hydroxylation is 1. The minimum atomic E-state index is -0.437. The van der Waals surface area contributed by atoms with E-state index < -0.39 is 6.03 Å². The summed E-state index contributed by atoms with van der Waals surface area (Å²) < 4.78 is 7.23. The molecule has 8 heteroatoms. The molecule has 0 spiro atoms. The summed E-state index contributed by atoms with van der Waals surface area (Å²) in [5.41, 5.74) is 4.52. The van der Waals surface area contributed by atoms with Crippen LogP contribution in [0.1, 0.15) is 24.7 Å². The maximum atomic E-state index is 13.7. The fraction of sp³-hybridized carbons (Fsp3) is 0.156. The van der Waals surface area contributed by atoms with Crippen LogP contribution in [0.5, 0.6) is 5.75 Å². The molecule has 7 nitrogen and oxygen atoms in total. The van der Waals surface area contributed by atoms with E-state index in [0.29, 0.717) is 40.3 Å². The van der Waals surface area contributed by atoms with Gasteiger partial charge in [-0.25, -0.2) is 9.78 Å². The predicted molar refractivity (Wildman–Crippen MR) is 162 cm³/mol. The molecule has 0 unspecified atom stereocenters. The zero-order valence-corrected chi connectivity index (χ0v) is 23.0. The van der Waals surface area contributed by atoms with Gasteiger partial charge in [-0.05, 0) is 60.0 Å². The number of nitrogens with one attached hydrogen (secondary N) is 2. The van der Waals surface area contributed by atoms with Gasteiger partial charge in [0.25, 0.3) is 5.56 Å². The fourth-order valence-electron chi connectivity index (χ4n) is 4.64. The molecule has 5 rings (SSSR count). The first-order chi connectivity index (χ1) is 19.4. The number of aromatic nitrogens is 2. The number of halogens is 1. The van der Waals surface area contributed by atoms with Crippen LogP contribution in [0.25, 0.3) is 22.0 Å². The Kier molecular flexibility index (Phi) is 8.12. The van der Waals surface area contributed by atoms with E-state index in [9.17, 15) is 9.59 Å². The first-order valence-corrected chi connectivity index (χ1v) is 13.4. The summed E-state index contributed by atoms with van der Waals surface area (Å²) in [5, 5.41) is 6.49. The van der Waals surface area contributed by atoms with Gasteiger partial charge in [0.2, 0.25) is 0 Å². The zero-order chi connectivity index (χ0) is 28.1. The predicted octanol–water partition coefficient (Wildman–Crippen LogP) is 7.37. The van der Waals surface area contributed by atoms with E-state index in [-0.39, 0.29) is 5.56 Å². The molecule has 5 aromatic rings. The monoisotopic (exact) mass is 552 g/mol. The Balaban J connectivity index is 1.42. The number of para-hydroxylation sites is 1. The molecule has 0 aliphatic rings. The minimum absolute atomic E-state index is 0.152. The molecule has 4 aromatic carbocycles. The van der Waals surface area contributed by atoms with E-state index in [1.54, 1.807) is 54.1 Å². The summed E-state index contributed by atoms with van der Waals surface area (Å²) in [6, 6.07) is 27.6. The van der Waals surface area contributed by atoms with Gasteiger partial charge in [-0.2, -0.15) is 0 Å². The lowest BCUT2D eigenvalue weighted by atomic mass is 10.0. The Bertz CT molecular complexity index is 1730. The third-order valence-corrected chi connectivity index (χ3v) is 6.79. The second-order valence-electron chi connectivity index (χ2n) is 9.39. The number of benzene rings is 4. The van der Waals surface area contributed by atoms with Gasteiger partial charge in [-0.3, -0.25) is 9.36 Å². The summed E-state index contributed by atoms with van der Waals surface area (Å²) >= 11 is 6.01. The van der Waals surface area contributed by atoms with Crippen LogP contribution >= 0.6 is 11.6 Å². The molecule has 0 saturated carbocycles. The maximum absolute atomic E-state index is 13.7. The average Bonchev–Trinajstić information content (AvgIpc) is 2.96. The van der Waals surface area contributed by atoms with Crippen molar-refractivity contribution in [1.29, 1.82) is 0 Å². The van der Waals surface area contributed by atoms with Crippen molar-refractivity contribution in [2.75, 3.05) is 17.7 Å². The zero-order valence-electron chi connectivity index (χ0n) is 22.3. The third kappa shape index (κ3) is 6.00. The van der Waals surface area contributed by atoms with Crippen LogP contribution in [0.4, 0.5) is 16.2 Å². The molecule has 40 heavy (non-hydrogen) atoms. The summed E-state index contributed by atoms with van der Waals surface area (Å²) in [6.07, 6.45) is 1.53. The first kappa shape index (κ1) is 27.0. The number of amides is 2. The summed E-state index contributed by atoms with van der Waals surface area (Å²) in [6.45, 7) is 2.45. The molecule has 0 bridgehead atoms. The number of fused-ring (bicyclic) bond motifs is 1. The maximum Gasteiger partial charge on any atom is 0.323 e. The molecule has 0 saturated heterocycles. The SMILES string of the molecule is CCCc1nc2ccc(NC(=O)Nc3cccc(Cl)c3)cc2c(=O)n1Cc1ccc(-c2ccccc2OC)cc1. The van der Waals surface area contributed by atoms with Crippen LogP contribution in [0.2, 0.25) is 5.02 Å². The van der Waals surface area contributed by atoms with E-state index in [0.717, 1.165) is 34.7 Å². The number of methoxy groups -OCH3 is 1. The topological polar surface area (TPSA) is 85.3 Å². The Morgan fingerprint density at radius 2 is 1.68 bits per heavy atom. The molecular formula is C32H29ClN4O3. The summed E-state index contributed by atoms with van der Waals surface area (Å²) in [7, 11) is 1.66. The van der Waals surface area contributed by atoms with Crippen LogP contribution in [-0.4, -0.2) is 22.7 Å². The van der Waals surface area contributed by atoms with Gasteiger partial charge in [-0.15, -0.1) is 0 Å². The van der Waals surface area contributed by atoms with Gasteiger partial charge in [0.05, 0.1) is 24.6 Å². The van der Waals surface area contributed by atoms with Crippen molar-refractivity contribution >= 4 is 39.9 Å². The largest absolute Gasteiger partial charge is 0.496 e. The first-order valence-electron chi connectivity index (χ1n) is 13.0. The van der Waals surface area contributed by atoms with Crippen molar-refractivity contribution in [3.63, 3.8) is 0 Å².